The fourth-order valence-corrected chi connectivity index (χ4v) is 4.39. The van der Waals surface area contributed by atoms with Crippen LogP contribution in [-0.4, -0.2) is 56.5 Å². The zero-order chi connectivity index (χ0) is 22.7. The molecule has 33 heavy (non-hydrogen) atoms. The lowest BCUT2D eigenvalue weighted by Crippen LogP contribution is -2.23. The average molecular weight is 475 g/mol. The molecule has 9 nitrogen and oxygen atoms in total. The standard InChI is InChI=1S/C21H17ClF2N6O3/c22-18-16(10-4-26-29-20(10)17(19(18)24)13-8-32-1-2-33-13)12-6-30-7-14(27-15(30)5-25-12)28-21(31)9-3-11(9)23/h4-7,9,11,13H,1-3,8H2,(H,26,29)(H,28,31). The topological polar surface area (TPSA) is 106 Å². The van der Waals surface area contributed by atoms with Gasteiger partial charge in [0.25, 0.3) is 0 Å². The zero-order valence-electron chi connectivity index (χ0n) is 17.0. The summed E-state index contributed by atoms with van der Waals surface area (Å²) in [7, 11) is 0. The number of H-pyrrole nitrogens is 1. The predicted octanol–water partition coefficient (Wildman–Crippen LogP) is 3.45. The van der Waals surface area contributed by atoms with Crippen molar-refractivity contribution < 1.29 is 23.0 Å². The number of carbonyl (C=O) groups excluding carboxylic acids is 1. The summed E-state index contributed by atoms with van der Waals surface area (Å²) in [5.74, 6) is -1.40. The molecule has 0 radical (unpaired) electrons. The summed E-state index contributed by atoms with van der Waals surface area (Å²) < 4.78 is 41.4. The summed E-state index contributed by atoms with van der Waals surface area (Å²) in [6, 6.07) is 0. The molecule has 0 spiro atoms. The molecule has 3 atom stereocenters. The molecule has 2 aliphatic rings. The van der Waals surface area contributed by atoms with Gasteiger partial charge in [0, 0.05) is 22.7 Å². The molecule has 1 aliphatic heterocycles. The van der Waals surface area contributed by atoms with Crippen molar-refractivity contribution >= 4 is 39.9 Å². The van der Waals surface area contributed by atoms with Crippen molar-refractivity contribution in [1.82, 2.24) is 24.6 Å². The van der Waals surface area contributed by atoms with E-state index in [1.165, 1.54) is 6.20 Å². The lowest BCUT2D eigenvalue weighted by Gasteiger charge is -2.25. The lowest BCUT2D eigenvalue weighted by atomic mass is 9.99. The molecule has 2 fully saturated rings. The number of hydrogen-bond acceptors (Lipinski definition) is 6. The van der Waals surface area contributed by atoms with Gasteiger partial charge >= 0.3 is 0 Å². The Hall–Kier alpha value is -3.15. The van der Waals surface area contributed by atoms with Crippen molar-refractivity contribution in [2.24, 2.45) is 5.92 Å². The number of aromatic nitrogens is 5. The molecular weight excluding hydrogens is 458 g/mol. The minimum absolute atomic E-state index is 0.115. The largest absolute Gasteiger partial charge is 0.376 e. The number of amides is 1. The molecule has 4 aromatic rings. The van der Waals surface area contributed by atoms with E-state index in [-0.39, 0.29) is 29.4 Å². The van der Waals surface area contributed by atoms with E-state index in [2.05, 4.69) is 25.5 Å². The van der Waals surface area contributed by atoms with Crippen molar-refractivity contribution in [3.05, 3.63) is 41.2 Å². The third-order valence-electron chi connectivity index (χ3n) is 5.86. The van der Waals surface area contributed by atoms with E-state index in [1.54, 1.807) is 23.0 Å². The minimum Gasteiger partial charge on any atom is -0.376 e. The normalized spacial score (nSPS) is 22.7. The van der Waals surface area contributed by atoms with Gasteiger partial charge in [0.15, 0.2) is 17.3 Å². The number of alkyl halides is 1. The summed E-state index contributed by atoms with van der Waals surface area (Å²) >= 11 is 6.50. The third kappa shape index (κ3) is 3.43. The van der Waals surface area contributed by atoms with E-state index in [9.17, 15) is 9.18 Å². The fourth-order valence-electron chi connectivity index (χ4n) is 4.09. The number of nitrogens with zero attached hydrogens (tertiary/aromatic N) is 4. The van der Waals surface area contributed by atoms with Gasteiger partial charge < -0.3 is 19.2 Å². The Balaban J connectivity index is 1.41. The summed E-state index contributed by atoms with van der Waals surface area (Å²) in [6.45, 7) is 1.00. The van der Waals surface area contributed by atoms with Crippen molar-refractivity contribution in [2.45, 2.75) is 18.7 Å². The minimum atomic E-state index is -1.10. The second-order valence-electron chi connectivity index (χ2n) is 8.02. The Morgan fingerprint density at radius 2 is 2.15 bits per heavy atom. The highest BCUT2D eigenvalue weighted by Gasteiger charge is 2.43. The first-order valence-electron chi connectivity index (χ1n) is 10.3. The number of nitrogens with one attached hydrogen (secondary N) is 2. The number of ether oxygens (including phenoxy) is 2. The van der Waals surface area contributed by atoms with E-state index in [0.717, 1.165) is 0 Å². The van der Waals surface area contributed by atoms with Crippen LogP contribution in [0.5, 0.6) is 0 Å². The van der Waals surface area contributed by atoms with Crippen LogP contribution in [0, 0.1) is 11.7 Å². The van der Waals surface area contributed by atoms with Gasteiger partial charge in [0.05, 0.1) is 60.6 Å². The van der Waals surface area contributed by atoms with Gasteiger partial charge in [-0.1, -0.05) is 11.6 Å². The summed E-state index contributed by atoms with van der Waals surface area (Å²) in [6.07, 6.45) is 4.75. The molecule has 12 heteroatoms. The number of carbonyl (C=O) groups is 1. The molecule has 4 heterocycles. The van der Waals surface area contributed by atoms with E-state index in [1.807, 2.05) is 0 Å². The van der Waals surface area contributed by atoms with Crippen molar-refractivity contribution in [1.29, 1.82) is 0 Å². The number of aromatic amines is 1. The molecule has 1 aromatic carbocycles. The van der Waals surface area contributed by atoms with E-state index < -0.39 is 29.9 Å². The Bertz CT molecular complexity index is 1400. The Morgan fingerprint density at radius 1 is 1.30 bits per heavy atom. The lowest BCUT2D eigenvalue weighted by molar-refractivity contribution is -0.117. The molecular formula is C21H17ClF2N6O3. The van der Waals surface area contributed by atoms with Crippen LogP contribution in [0.4, 0.5) is 14.6 Å². The van der Waals surface area contributed by atoms with Crippen LogP contribution in [0.3, 0.4) is 0 Å². The van der Waals surface area contributed by atoms with Gasteiger partial charge in [-0.2, -0.15) is 5.10 Å². The number of benzene rings is 1. The van der Waals surface area contributed by atoms with Gasteiger partial charge in [0.1, 0.15) is 12.3 Å². The molecule has 1 aliphatic carbocycles. The van der Waals surface area contributed by atoms with Crippen LogP contribution in [0.2, 0.25) is 5.02 Å². The summed E-state index contributed by atoms with van der Waals surface area (Å²) in [4.78, 5) is 20.7. The molecule has 2 N–H and O–H groups in total. The molecule has 3 unspecified atom stereocenters. The second kappa shape index (κ2) is 7.72. The number of rotatable bonds is 4. The molecule has 6 rings (SSSR count). The SMILES string of the molecule is O=C(Nc1cn2cc(-c3c(Cl)c(F)c(C4COCCO4)c4[nH]ncc34)ncc2n1)C1CC1F. The first-order valence-corrected chi connectivity index (χ1v) is 10.7. The number of halogens is 3. The maximum Gasteiger partial charge on any atom is 0.231 e. The highest BCUT2D eigenvalue weighted by Crippen LogP contribution is 2.41. The smallest absolute Gasteiger partial charge is 0.231 e. The van der Waals surface area contributed by atoms with Gasteiger partial charge in [-0.15, -0.1) is 0 Å². The monoisotopic (exact) mass is 474 g/mol. The Morgan fingerprint density at radius 3 is 2.91 bits per heavy atom. The average Bonchev–Trinajstić information content (AvgIpc) is 3.18. The van der Waals surface area contributed by atoms with Gasteiger partial charge in [-0.3, -0.25) is 14.9 Å². The molecule has 170 valence electrons. The number of hydrogen-bond donors (Lipinski definition) is 2. The van der Waals surface area contributed by atoms with Crippen LogP contribution < -0.4 is 5.32 Å². The zero-order valence-corrected chi connectivity index (χ0v) is 17.8. The maximum atomic E-state index is 15.5. The quantitative estimate of drug-likeness (QED) is 0.469. The summed E-state index contributed by atoms with van der Waals surface area (Å²) in [5.41, 5.74) is 1.90. The first-order chi connectivity index (χ1) is 16.0. The van der Waals surface area contributed by atoms with Gasteiger partial charge in [0.2, 0.25) is 5.91 Å². The Labute approximate surface area is 190 Å². The molecule has 0 bridgehead atoms. The third-order valence-corrected chi connectivity index (χ3v) is 6.22. The van der Waals surface area contributed by atoms with Crippen LogP contribution in [-0.2, 0) is 14.3 Å². The molecule has 3 aromatic heterocycles. The molecule has 1 saturated carbocycles. The highest BCUT2D eigenvalue weighted by molar-refractivity contribution is 6.35. The van der Waals surface area contributed by atoms with Gasteiger partial charge in [-0.25, -0.2) is 13.8 Å². The number of fused-ring (bicyclic) bond motifs is 2. The van der Waals surface area contributed by atoms with Crippen LogP contribution in [0.15, 0.2) is 24.8 Å². The van der Waals surface area contributed by atoms with Crippen molar-refractivity contribution in [3.63, 3.8) is 0 Å². The molecule has 1 amide bonds. The Kier molecular flexibility index (Phi) is 4.78. The van der Waals surface area contributed by atoms with E-state index in [0.29, 0.717) is 41.0 Å². The summed E-state index contributed by atoms with van der Waals surface area (Å²) in [5, 5.41) is 9.99. The fraction of sp³-hybridized carbons (Fsp3) is 0.333. The second-order valence-corrected chi connectivity index (χ2v) is 8.40. The predicted molar refractivity (Wildman–Crippen MR) is 114 cm³/mol. The van der Waals surface area contributed by atoms with E-state index >= 15 is 4.39 Å². The molecule has 1 saturated heterocycles. The van der Waals surface area contributed by atoms with Crippen molar-refractivity contribution in [3.8, 4) is 11.3 Å². The highest BCUT2D eigenvalue weighted by atomic mass is 35.5. The number of anilines is 1. The number of imidazole rings is 1. The van der Waals surface area contributed by atoms with E-state index in [4.69, 9.17) is 21.1 Å². The van der Waals surface area contributed by atoms with Crippen LogP contribution in [0.25, 0.3) is 27.8 Å². The maximum absolute atomic E-state index is 15.5. The van der Waals surface area contributed by atoms with Crippen LogP contribution in [0.1, 0.15) is 18.1 Å². The van der Waals surface area contributed by atoms with Gasteiger partial charge in [-0.05, 0) is 6.42 Å². The first kappa shape index (κ1) is 20.5. The van der Waals surface area contributed by atoms with Crippen LogP contribution >= 0.6 is 11.6 Å². The van der Waals surface area contributed by atoms with Crippen molar-refractivity contribution in [2.75, 3.05) is 25.1 Å².